The van der Waals surface area contributed by atoms with E-state index in [0.717, 1.165) is 29.1 Å². The Morgan fingerprint density at radius 3 is 3.05 bits per heavy atom. The first kappa shape index (κ1) is 13.3. The van der Waals surface area contributed by atoms with E-state index < -0.39 is 0 Å². The molecule has 0 N–H and O–H groups in total. The molecule has 1 aliphatic heterocycles. The Kier molecular flexibility index (Phi) is 3.53. The number of Topliss-reactive ketones (excluding diaryl/α,β-unsaturated/α-hetero) is 1. The van der Waals surface area contributed by atoms with Crippen LogP contribution in [0.3, 0.4) is 0 Å². The van der Waals surface area contributed by atoms with Gasteiger partial charge in [0.1, 0.15) is 11.5 Å². The molecule has 4 heteroatoms. The van der Waals surface area contributed by atoms with Gasteiger partial charge in [0.2, 0.25) is 0 Å². The Labute approximate surface area is 122 Å². The third-order valence-electron chi connectivity index (χ3n) is 3.54. The lowest BCUT2D eigenvalue weighted by molar-refractivity contribution is 0.0990. The van der Waals surface area contributed by atoms with E-state index in [1.807, 2.05) is 19.1 Å². The van der Waals surface area contributed by atoms with Crippen LogP contribution in [0, 0.1) is 0 Å². The summed E-state index contributed by atoms with van der Waals surface area (Å²) in [5.74, 6) is 1.59. The van der Waals surface area contributed by atoms with Gasteiger partial charge in [0.05, 0.1) is 18.4 Å². The van der Waals surface area contributed by atoms with Crippen molar-refractivity contribution in [3.05, 3.63) is 51.9 Å². The summed E-state index contributed by atoms with van der Waals surface area (Å²) in [5, 5.41) is 0.653. The van der Waals surface area contributed by atoms with Crippen LogP contribution in [0.2, 0.25) is 5.02 Å². The van der Waals surface area contributed by atoms with Crippen LogP contribution in [0.4, 0.5) is 0 Å². The van der Waals surface area contributed by atoms with E-state index in [-0.39, 0.29) is 12.2 Å². The summed E-state index contributed by atoms with van der Waals surface area (Å²) in [6, 6.07) is 5.45. The highest BCUT2D eigenvalue weighted by Gasteiger charge is 2.21. The number of furan rings is 1. The Morgan fingerprint density at radius 2 is 2.25 bits per heavy atom. The van der Waals surface area contributed by atoms with Crippen LogP contribution < -0.4 is 4.74 Å². The van der Waals surface area contributed by atoms with Crippen LogP contribution >= 0.6 is 11.6 Å². The molecule has 0 saturated heterocycles. The summed E-state index contributed by atoms with van der Waals surface area (Å²) in [6.07, 6.45) is 3.40. The number of carbonyl (C=O) groups is 1. The molecule has 2 heterocycles. The normalized spacial score (nSPS) is 13.1. The predicted octanol–water partition coefficient (Wildman–Crippen LogP) is 3.86. The summed E-state index contributed by atoms with van der Waals surface area (Å²) in [6.45, 7) is 2.62. The minimum atomic E-state index is 0.0376. The molecule has 0 spiro atoms. The van der Waals surface area contributed by atoms with Crippen molar-refractivity contribution in [3.63, 3.8) is 0 Å². The number of ether oxygens (including phenoxy) is 1. The first-order chi connectivity index (χ1) is 9.69. The topological polar surface area (TPSA) is 39.4 Å². The Balaban J connectivity index is 1.90. The number of aryl methyl sites for hydroxylation is 1. The van der Waals surface area contributed by atoms with E-state index in [1.54, 1.807) is 12.3 Å². The molecule has 0 atom stereocenters. The average Bonchev–Trinajstić information content (AvgIpc) is 3.06. The average molecular weight is 291 g/mol. The summed E-state index contributed by atoms with van der Waals surface area (Å²) in [5.41, 5.74) is 2.60. The molecule has 1 aromatic carbocycles. The van der Waals surface area contributed by atoms with Crippen molar-refractivity contribution in [2.45, 2.75) is 26.2 Å². The number of hydrogen-bond acceptors (Lipinski definition) is 3. The maximum Gasteiger partial charge on any atom is 0.170 e. The highest BCUT2D eigenvalue weighted by atomic mass is 35.5. The second-order valence-electron chi connectivity index (χ2n) is 4.86. The van der Waals surface area contributed by atoms with Gasteiger partial charge in [0.15, 0.2) is 5.78 Å². The van der Waals surface area contributed by atoms with E-state index in [4.69, 9.17) is 20.8 Å². The maximum atomic E-state index is 12.4. The molecule has 3 nitrogen and oxygen atoms in total. The molecule has 1 aromatic heterocycles. The van der Waals surface area contributed by atoms with Gasteiger partial charge < -0.3 is 9.15 Å². The van der Waals surface area contributed by atoms with Crippen molar-refractivity contribution in [2.24, 2.45) is 0 Å². The Bertz CT molecular complexity index is 658. The van der Waals surface area contributed by atoms with E-state index in [9.17, 15) is 4.79 Å². The quantitative estimate of drug-likeness (QED) is 0.803. The molecule has 0 aliphatic carbocycles. The first-order valence-electron chi connectivity index (χ1n) is 6.72. The van der Waals surface area contributed by atoms with Crippen LogP contribution in [0.25, 0.3) is 0 Å². The zero-order valence-electron chi connectivity index (χ0n) is 11.2. The number of carbonyl (C=O) groups excluding carboxylic acids is 1. The summed E-state index contributed by atoms with van der Waals surface area (Å²) in [7, 11) is 0. The maximum absolute atomic E-state index is 12.4. The van der Waals surface area contributed by atoms with Crippen molar-refractivity contribution < 1.29 is 13.9 Å². The SMILES string of the molecule is CCc1occc1C(=O)Cc1cc(Cl)cc2c1OCC2. The minimum absolute atomic E-state index is 0.0376. The van der Waals surface area contributed by atoms with Crippen LogP contribution in [0.15, 0.2) is 28.9 Å². The lowest BCUT2D eigenvalue weighted by Gasteiger charge is -2.08. The largest absolute Gasteiger partial charge is 0.493 e. The van der Waals surface area contributed by atoms with Crippen molar-refractivity contribution in [2.75, 3.05) is 6.61 Å². The summed E-state index contributed by atoms with van der Waals surface area (Å²) in [4.78, 5) is 12.4. The Hall–Kier alpha value is -1.74. The van der Waals surface area contributed by atoms with Gasteiger partial charge in [0.25, 0.3) is 0 Å². The lowest BCUT2D eigenvalue weighted by Crippen LogP contribution is -2.06. The van der Waals surface area contributed by atoms with Gasteiger partial charge in [-0.05, 0) is 23.8 Å². The fraction of sp³-hybridized carbons (Fsp3) is 0.312. The Morgan fingerprint density at radius 1 is 1.40 bits per heavy atom. The van der Waals surface area contributed by atoms with Crippen molar-refractivity contribution in [1.82, 2.24) is 0 Å². The van der Waals surface area contributed by atoms with Gasteiger partial charge in [-0.2, -0.15) is 0 Å². The first-order valence-corrected chi connectivity index (χ1v) is 7.10. The van der Waals surface area contributed by atoms with Gasteiger partial charge in [-0.1, -0.05) is 18.5 Å². The monoisotopic (exact) mass is 290 g/mol. The standard InChI is InChI=1S/C16H15ClO3/c1-2-15-13(4-6-19-15)14(18)9-11-8-12(17)7-10-3-5-20-16(10)11/h4,6-8H,2-3,5,9H2,1H3. The van der Waals surface area contributed by atoms with E-state index in [2.05, 4.69) is 0 Å². The molecule has 0 unspecified atom stereocenters. The van der Waals surface area contributed by atoms with Gasteiger partial charge in [-0.15, -0.1) is 0 Å². The number of halogens is 1. The van der Waals surface area contributed by atoms with Gasteiger partial charge in [-0.25, -0.2) is 0 Å². The summed E-state index contributed by atoms with van der Waals surface area (Å²) >= 11 is 6.11. The van der Waals surface area contributed by atoms with Crippen LogP contribution in [-0.2, 0) is 19.3 Å². The summed E-state index contributed by atoms with van der Waals surface area (Å²) < 4.78 is 10.9. The van der Waals surface area contributed by atoms with Crippen LogP contribution in [-0.4, -0.2) is 12.4 Å². The number of fused-ring (bicyclic) bond motifs is 1. The molecule has 0 fully saturated rings. The van der Waals surface area contributed by atoms with E-state index in [0.29, 0.717) is 23.6 Å². The molecular weight excluding hydrogens is 276 g/mol. The van der Waals surface area contributed by atoms with E-state index >= 15 is 0 Å². The molecule has 0 saturated carbocycles. The zero-order valence-corrected chi connectivity index (χ0v) is 12.0. The third-order valence-corrected chi connectivity index (χ3v) is 3.76. The number of benzene rings is 1. The van der Waals surface area contributed by atoms with Gasteiger partial charge in [0, 0.05) is 29.8 Å². The predicted molar refractivity (Wildman–Crippen MR) is 76.8 cm³/mol. The molecule has 0 bridgehead atoms. The molecule has 0 radical (unpaired) electrons. The third kappa shape index (κ3) is 2.34. The highest BCUT2D eigenvalue weighted by Crippen LogP contribution is 2.33. The van der Waals surface area contributed by atoms with Crippen molar-refractivity contribution in [3.8, 4) is 5.75 Å². The van der Waals surface area contributed by atoms with Crippen molar-refractivity contribution >= 4 is 17.4 Å². The highest BCUT2D eigenvalue weighted by molar-refractivity contribution is 6.30. The molecule has 20 heavy (non-hydrogen) atoms. The molecule has 0 amide bonds. The number of rotatable bonds is 4. The van der Waals surface area contributed by atoms with Crippen LogP contribution in [0.5, 0.6) is 5.75 Å². The fourth-order valence-corrected chi connectivity index (χ4v) is 2.87. The van der Waals surface area contributed by atoms with Gasteiger partial charge >= 0.3 is 0 Å². The lowest BCUT2D eigenvalue weighted by atomic mass is 10.00. The molecule has 3 rings (SSSR count). The molecule has 2 aromatic rings. The van der Waals surface area contributed by atoms with E-state index in [1.165, 1.54) is 0 Å². The van der Waals surface area contributed by atoms with Gasteiger partial charge in [-0.3, -0.25) is 4.79 Å². The minimum Gasteiger partial charge on any atom is -0.493 e. The zero-order chi connectivity index (χ0) is 14.1. The smallest absolute Gasteiger partial charge is 0.170 e. The van der Waals surface area contributed by atoms with Crippen LogP contribution in [0.1, 0.15) is 34.2 Å². The second-order valence-corrected chi connectivity index (χ2v) is 5.30. The molecule has 104 valence electrons. The number of ketones is 1. The molecule has 1 aliphatic rings. The van der Waals surface area contributed by atoms with Crippen molar-refractivity contribution in [1.29, 1.82) is 0 Å². The molecular formula is C16H15ClO3. The fourth-order valence-electron chi connectivity index (χ4n) is 2.61. The number of hydrogen-bond donors (Lipinski definition) is 0. The second kappa shape index (κ2) is 5.33.